The first-order chi connectivity index (χ1) is 13.1. The van der Waals surface area contributed by atoms with Crippen molar-refractivity contribution in [3.8, 4) is 11.3 Å². The molecule has 1 saturated heterocycles. The molecule has 1 aliphatic heterocycles. The van der Waals surface area contributed by atoms with E-state index in [0.717, 1.165) is 34.5 Å². The summed E-state index contributed by atoms with van der Waals surface area (Å²) in [6.45, 7) is 1.10. The molecule has 2 aromatic heterocycles. The van der Waals surface area contributed by atoms with Gasteiger partial charge in [0.05, 0.1) is 28.7 Å². The van der Waals surface area contributed by atoms with E-state index in [1.165, 1.54) is 6.42 Å². The van der Waals surface area contributed by atoms with Gasteiger partial charge < -0.3 is 9.40 Å². The first-order valence-electron chi connectivity index (χ1n) is 9.02. The quantitative estimate of drug-likeness (QED) is 0.467. The van der Waals surface area contributed by atoms with Gasteiger partial charge >= 0.3 is 0 Å². The normalized spacial score (nSPS) is 17.9. The lowest BCUT2D eigenvalue weighted by Gasteiger charge is -2.16. The molecule has 0 unspecified atom stereocenters. The van der Waals surface area contributed by atoms with Gasteiger partial charge in [-0.25, -0.2) is 4.98 Å². The Hall–Kier alpha value is -2.44. The van der Waals surface area contributed by atoms with Gasteiger partial charge in [-0.2, -0.15) is 0 Å². The van der Waals surface area contributed by atoms with Crippen molar-refractivity contribution in [1.82, 2.24) is 14.9 Å². The number of aromatic amines is 1. The number of rotatable bonds is 2. The third-order valence-electron chi connectivity index (χ3n) is 5.37. The summed E-state index contributed by atoms with van der Waals surface area (Å²) in [5.74, 6) is 0.987. The third kappa shape index (κ3) is 2.80. The number of H-pyrrole nitrogens is 1. The lowest BCUT2D eigenvalue weighted by Crippen LogP contribution is -2.18. The molecule has 1 atom stereocenters. The molecular weight excluding hydrogens is 406 g/mol. The summed E-state index contributed by atoms with van der Waals surface area (Å²) in [4.78, 5) is 23.3. The van der Waals surface area contributed by atoms with Crippen molar-refractivity contribution < 1.29 is 4.42 Å². The van der Waals surface area contributed by atoms with Crippen LogP contribution >= 0.6 is 15.9 Å². The molecule has 3 heterocycles. The van der Waals surface area contributed by atoms with Gasteiger partial charge in [-0.05, 0) is 62.8 Å². The van der Waals surface area contributed by atoms with Crippen LogP contribution in [-0.4, -0.2) is 28.5 Å². The van der Waals surface area contributed by atoms with Gasteiger partial charge in [0.2, 0.25) is 5.43 Å². The Morgan fingerprint density at radius 1 is 1.19 bits per heavy atom. The maximum Gasteiger partial charge on any atom is 0.200 e. The molecule has 1 fully saturated rings. The van der Waals surface area contributed by atoms with E-state index in [0.29, 0.717) is 28.0 Å². The zero-order chi connectivity index (χ0) is 18.5. The highest BCUT2D eigenvalue weighted by Gasteiger charge is 2.25. The minimum absolute atomic E-state index is 0.0177. The van der Waals surface area contributed by atoms with Crippen LogP contribution in [0.1, 0.15) is 24.7 Å². The van der Waals surface area contributed by atoms with Crippen LogP contribution in [0.5, 0.6) is 0 Å². The van der Waals surface area contributed by atoms with Gasteiger partial charge in [0.1, 0.15) is 17.0 Å². The van der Waals surface area contributed by atoms with Crippen LogP contribution in [0.2, 0.25) is 0 Å². The van der Waals surface area contributed by atoms with Gasteiger partial charge in [0.15, 0.2) is 0 Å². The number of hydrogen-bond acceptors (Lipinski definition) is 4. The van der Waals surface area contributed by atoms with E-state index in [9.17, 15) is 4.79 Å². The molecule has 6 heteroatoms. The van der Waals surface area contributed by atoms with Crippen molar-refractivity contribution in [2.75, 3.05) is 13.6 Å². The van der Waals surface area contributed by atoms with Crippen LogP contribution in [-0.2, 0) is 0 Å². The zero-order valence-corrected chi connectivity index (χ0v) is 16.4. The Morgan fingerprint density at radius 3 is 2.89 bits per heavy atom. The summed E-state index contributed by atoms with van der Waals surface area (Å²) in [5, 5.41) is 1.16. The lowest BCUT2D eigenvalue weighted by atomic mass is 10.1. The smallest absolute Gasteiger partial charge is 0.200 e. The number of nitrogens with one attached hydrogen (secondary N) is 1. The van der Waals surface area contributed by atoms with Crippen molar-refractivity contribution in [2.24, 2.45) is 0 Å². The SMILES string of the molecule is CN1CCC[C@H]1c1ncc(-c2ccc3oc4cc(Br)ccc4c(=O)c3c2)[nH]1. The van der Waals surface area contributed by atoms with Crippen molar-refractivity contribution in [3.05, 3.63) is 63.1 Å². The second-order valence-corrected chi connectivity index (χ2v) is 8.02. The minimum atomic E-state index is -0.0177. The van der Waals surface area contributed by atoms with Crippen molar-refractivity contribution in [1.29, 1.82) is 0 Å². The highest BCUT2D eigenvalue weighted by atomic mass is 79.9. The fraction of sp³-hybridized carbons (Fsp3) is 0.238. The fourth-order valence-corrected chi connectivity index (χ4v) is 4.24. The molecule has 0 amide bonds. The maximum absolute atomic E-state index is 12.9. The number of halogens is 1. The van der Waals surface area contributed by atoms with E-state index in [1.807, 2.05) is 36.5 Å². The number of aromatic nitrogens is 2. The minimum Gasteiger partial charge on any atom is -0.456 e. The monoisotopic (exact) mass is 423 g/mol. The van der Waals surface area contributed by atoms with E-state index in [-0.39, 0.29) is 5.43 Å². The van der Waals surface area contributed by atoms with E-state index in [4.69, 9.17) is 4.42 Å². The molecule has 5 nitrogen and oxygen atoms in total. The van der Waals surface area contributed by atoms with Crippen molar-refractivity contribution in [2.45, 2.75) is 18.9 Å². The average molecular weight is 424 g/mol. The maximum atomic E-state index is 12.9. The molecule has 0 bridgehead atoms. The van der Waals surface area contributed by atoms with Gasteiger partial charge in [0.25, 0.3) is 0 Å². The molecule has 0 saturated carbocycles. The van der Waals surface area contributed by atoms with E-state index < -0.39 is 0 Å². The Morgan fingerprint density at radius 2 is 2.07 bits per heavy atom. The van der Waals surface area contributed by atoms with Crippen LogP contribution in [0.4, 0.5) is 0 Å². The summed E-state index contributed by atoms with van der Waals surface area (Å²) < 4.78 is 6.82. The molecule has 0 aliphatic carbocycles. The lowest BCUT2D eigenvalue weighted by molar-refractivity contribution is 0.307. The molecular formula is C21H18BrN3O2. The molecule has 5 rings (SSSR count). The first kappa shape index (κ1) is 16.7. The van der Waals surface area contributed by atoms with Gasteiger partial charge in [0, 0.05) is 10.0 Å². The summed E-state index contributed by atoms with van der Waals surface area (Å²) >= 11 is 3.42. The molecule has 1 aliphatic rings. The number of hydrogen-bond donors (Lipinski definition) is 1. The predicted octanol–water partition coefficient (Wildman–Crippen LogP) is 4.87. The van der Waals surface area contributed by atoms with E-state index in [2.05, 4.69) is 37.8 Å². The second kappa shape index (κ2) is 6.32. The first-order valence-corrected chi connectivity index (χ1v) is 9.81. The van der Waals surface area contributed by atoms with Crippen molar-refractivity contribution >= 4 is 37.9 Å². The largest absolute Gasteiger partial charge is 0.456 e. The van der Waals surface area contributed by atoms with Crippen LogP contribution in [0.3, 0.4) is 0 Å². The Labute approximate surface area is 164 Å². The van der Waals surface area contributed by atoms with Crippen LogP contribution in [0.25, 0.3) is 33.2 Å². The van der Waals surface area contributed by atoms with E-state index in [1.54, 1.807) is 6.07 Å². The third-order valence-corrected chi connectivity index (χ3v) is 5.87. The Balaban J connectivity index is 1.61. The summed E-state index contributed by atoms with van der Waals surface area (Å²) in [6.07, 6.45) is 4.16. The highest BCUT2D eigenvalue weighted by molar-refractivity contribution is 9.10. The summed E-state index contributed by atoms with van der Waals surface area (Å²) in [5.41, 5.74) is 3.01. The molecule has 136 valence electrons. The standard InChI is InChI=1S/C21H18BrN3O2/c1-25-8-2-3-17(25)21-23-11-16(24-21)12-4-7-18-15(9-12)20(26)14-6-5-13(22)10-19(14)27-18/h4-7,9-11,17H,2-3,8H2,1H3,(H,23,24)/t17-/m0/s1. The van der Waals surface area contributed by atoms with Crippen molar-refractivity contribution in [3.63, 3.8) is 0 Å². The Kier molecular flexibility index (Phi) is 3.91. The highest BCUT2D eigenvalue weighted by Crippen LogP contribution is 2.31. The van der Waals surface area contributed by atoms with Crippen LogP contribution < -0.4 is 5.43 Å². The number of likely N-dealkylation sites (tertiary alicyclic amines) is 1. The zero-order valence-electron chi connectivity index (χ0n) is 14.8. The average Bonchev–Trinajstić information content (AvgIpc) is 3.30. The number of imidazole rings is 1. The number of nitrogens with zero attached hydrogens (tertiary/aromatic N) is 2. The molecule has 0 radical (unpaired) electrons. The molecule has 4 aromatic rings. The predicted molar refractivity (Wildman–Crippen MR) is 110 cm³/mol. The van der Waals surface area contributed by atoms with Gasteiger partial charge in [-0.15, -0.1) is 0 Å². The Bertz CT molecular complexity index is 1230. The van der Waals surface area contributed by atoms with Gasteiger partial charge in [-0.3, -0.25) is 9.69 Å². The van der Waals surface area contributed by atoms with Crippen LogP contribution in [0, 0.1) is 0 Å². The molecule has 2 aromatic carbocycles. The number of benzene rings is 2. The fourth-order valence-electron chi connectivity index (χ4n) is 3.90. The van der Waals surface area contributed by atoms with Crippen LogP contribution in [0.15, 0.2) is 56.3 Å². The molecule has 27 heavy (non-hydrogen) atoms. The number of fused-ring (bicyclic) bond motifs is 2. The summed E-state index contributed by atoms with van der Waals surface area (Å²) in [6, 6.07) is 11.5. The topological polar surface area (TPSA) is 62.1 Å². The van der Waals surface area contributed by atoms with E-state index >= 15 is 0 Å². The summed E-state index contributed by atoms with van der Waals surface area (Å²) in [7, 11) is 2.13. The van der Waals surface area contributed by atoms with Gasteiger partial charge in [-0.1, -0.05) is 15.9 Å². The molecule has 1 N–H and O–H groups in total. The molecule has 0 spiro atoms. The second-order valence-electron chi connectivity index (χ2n) is 7.10.